The molecule has 1 atom stereocenters. The lowest BCUT2D eigenvalue weighted by molar-refractivity contribution is 0.0703. The van der Waals surface area contributed by atoms with Crippen LogP contribution in [0, 0.1) is 0 Å². The zero-order chi connectivity index (χ0) is 17.2. The van der Waals surface area contributed by atoms with Crippen molar-refractivity contribution in [1.29, 1.82) is 0 Å². The number of carbonyl (C=O) groups is 1. The predicted molar refractivity (Wildman–Crippen MR) is 94.7 cm³/mol. The summed E-state index contributed by atoms with van der Waals surface area (Å²) in [5.41, 5.74) is 1.66. The topological polar surface area (TPSA) is 56.0 Å². The molecule has 1 amide bonds. The highest BCUT2D eigenvalue weighted by Crippen LogP contribution is 2.26. The van der Waals surface area contributed by atoms with E-state index < -0.39 is 0 Å². The molecule has 4 rings (SSSR count). The Balaban J connectivity index is 1.54. The van der Waals surface area contributed by atoms with Crippen molar-refractivity contribution in [3.63, 3.8) is 0 Å². The van der Waals surface area contributed by atoms with Gasteiger partial charge in [0.05, 0.1) is 6.33 Å². The summed E-state index contributed by atoms with van der Waals surface area (Å²) in [5.74, 6) is 1.44. The van der Waals surface area contributed by atoms with Gasteiger partial charge in [-0.25, -0.2) is 9.97 Å². The van der Waals surface area contributed by atoms with Crippen LogP contribution in [0.4, 0.5) is 0 Å². The van der Waals surface area contributed by atoms with E-state index in [9.17, 15) is 4.79 Å². The fourth-order valence-corrected chi connectivity index (χ4v) is 3.54. The maximum atomic E-state index is 13.0. The molecule has 0 bridgehead atoms. The zero-order valence-corrected chi connectivity index (χ0v) is 14.2. The molecule has 0 aliphatic carbocycles. The third kappa shape index (κ3) is 3.07. The smallest absolute Gasteiger partial charge is 0.253 e. The van der Waals surface area contributed by atoms with Gasteiger partial charge in [-0.1, -0.05) is 6.07 Å². The lowest BCUT2D eigenvalue weighted by Gasteiger charge is -2.32. The summed E-state index contributed by atoms with van der Waals surface area (Å²) in [5, 5.41) is 0. The van der Waals surface area contributed by atoms with Gasteiger partial charge >= 0.3 is 0 Å². The summed E-state index contributed by atoms with van der Waals surface area (Å²) >= 11 is 0. The van der Waals surface area contributed by atoms with Gasteiger partial charge in [-0.15, -0.1) is 0 Å². The second-order valence-corrected chi connectivity index (χ2v) is 6.51. The average Bonchev–Trinajstić information content (AvgIpc) is 3.33. The Hall–Kier alpha value is -2.89. The number of piperidine rings is 1. The van der Waals surface area contributed by atoms with Crippen LogP contribution in [0.2, 0.25) is 0 Å². The molecule has 1 fully saturated rings. The van der Waals surface area contributed by atoms with Crippen molar-refractivity contribution in [3.8, 4) is 5.69 Å². The highest BCUT2D eigenvalue weighted by molar-refractivity contribution is 5.94. The molecule has 128 valence electrons. The van der Waals surface area contributed by atoms with Crippen molar-refractivity contribution in [2.75, 3.05) is 13.1 Å². The molecule has 1 aromatic carbocycles. The van der Waals surface area contributed by atoms with E-state index in [0.717, 1.165) is 37.4 Å². The summed E-state index contributed by atoms with van der Waals surface area (Å²) in [6, 6.07) is 7.70. The summed E-state index contributed by atoms with van der Waals surface area (Å²) in [4.78, 5) is 23.5. The Kier molecular flexibility index (Phi) is 4.09. The number of aryl methyl sites for hydroxylation is 1. The molecule has 3 aromatic rings. The van der Waals surface area contributed by atoms with Crippen LogP contribution in [0.3, 0.4) is 0 Å². The van der Waals surface area contributed by atoms with Gasteiger partial charge in [-0.2, -0.15) is 0 Å². The van der Waals surface area contributed by atoms with E-state index in [1.54, 1.807) is 12.5 Å². The first-order valence-corrected chi connectivity index (χ1v) is 8.57. The van der Waals surface area contributed by atoms with Crippen LogP contribution in [0.15, 0.2) is 55.4 Å². The Morgan fingerprint density at radius 2 is 2.16 bits per heavy atom. The molecule has 0 N–H and O–H groups in total. The molecule has 1 saturated heterocycles. The fraction of sp³-hybridized carbons (Fsp3) is 0.316. The van der Waals surface area contributed by atoms with Gasteiger partial charge in [0.1, 0.15) is 5.82 Å². The van der Waals surface area contributed by atoms with Gasteiger partial charge < -0.3 is 14.0 Å². The standard InChI is InChI=1S/C19H21N5O/c1-22-10-8-21-18(22)16-5-3-9-23(13-16)19(25)15-4-2-6-17(12-15)24-11-7-20-14-24/h2,4,6-8,10-12,14,16H,3,5,9,13H2,1H3. The second-order valence-electron chi connectivity index (χ2n) is 6.51. The summed E-state index contributed by atoms with van der Waals surface area (Å²) in [6.45, 7) is 1.52. The molecule has 3 heterocycles. The Bertz CT molecular complexity index is 868. The van der Waals surface area contributed by atoms with Gasteiger partial charge in [-0.05, 0) is 31.0 Å². The molecule has 0 radical (unpaired) electrons. The average molecular weight is 335 g/mol. The van der Waals surface area contributed by atoms with E-state index in [0.29, 0.717) is 11.5 Å². The largest absolute Gasteiger partial charge is 0.338 e. The summed E-state index contributed by atoms with van der Waals surface area (Å²) < 4.78 is 3.96. The van der Waals surface area contributed by atoms with E-state index >= 15 is 0 Å². The molecule has 1 aliphatic rings. The van der Waals surface area contributed by atoms with Crippen LogP contribution >= 0.6 is 0 Å². The number of hydrogen-bond acceptors (Lipinski definition) is 3. The molecular weight excluding hydrogens is 314 g/mol. The van der Waals surface area contributed by atoms with Crippen molar-refractivity contribution in [2.24, 2.45) is 7.05 Å². The first kappa shape index (κ1) is 15.6. The lowest BCUT2D eigenvalue weighted by Crippen LogP contribution is -2.39. The third-order valence-electron chi connectivity index (χ3n) is 4.83. The van der Waals surface area contributed by atoms with Gasteiger partial charge in [0.15, 0.2) is 0 Å². The van der Waals surface area contributed by atoms with Crippen LogP contribution in [0.25, 0.3) is 5.69 Å². The molecule has 0 spiro atoms. The van der Waals surface area contributed by atoms with Crippen molar-refractivity contribution >= 4 is 5.91 Å². The molecule has 1 unspecified atom stereocenters. The van der Waals surface area contributed by atoms with Crippen molar-refractivity contribution in [2.45, 2.75) is 18.8 Å². The van der Waals surface area contributed by atoms with Gasteiger partial charge in [-0.3, -0.25) is 4.79 Å². The number of amides is 1. The number of rotatable bonds is 3. The fourth-order valence-electron chi connectivity index (χ4n) is 3.54. The maximum Gasteiger partial charge on any atom is 0.253 e. The number of benzene rings is 1. The van der Waals surface area contributed by atoms with Gasteiger partial charge in [0.25, 0.3) is 5.91 Å². The quantitative estimate of drug-likeness (QED) is 0.739. The van der Waals surface area contributed by atoms with Crippen LogP contribution < -0.4 is 0 Å². The van der Waals surface area contributed by atoms with E-state index in [2.05, 4.69) is 14.5 Å². The zero-order valence-electron chi connectivity index (χ0n) is 14.2. The molecule has 1 aliphatic heterocycles. The number of nitrogens with zero attached hydrogens (tertiary/aromatic N) is 5. The number of imidazole rings is 2. The van der Waals surface area contributed by atoms with Crippen molar-refractivity contribution in [3.05, 3.63) is 66.8 Å². The van der Waals surface area contributed by atoms with E-state index in [1.807, 2.05) is 59.4 Å². The minimum atomic E-state index is 0.0841. The van der Waals surface area contributed by atoms with Crippen molar-refractivity contribution in [1.82, 2.24) is 24.0 Å². The Labute approximate surface area is 146 Å². The SMILES string of the molecule is Cn1ccnc1C1CCCN(C(=O)c2cccc(-n3ccnc3)c2)C1. The summed E-state index contributed by atoms with van der Waals surface area (Å²) in [7, 11) is 2.01. The second kappa shape index (κ2) is 6.55. The van der Waals surface area contributed by atoms with Crippen LogP contribution in [0.1, 0.15) is 34.9 Å². The molecule has 6 heteroatoms. The van der Waals surface area contributed by atoms with Crippen LogP contribution in [0.5, 0.6) is 0 Å². The maximum absolute atomic E-state index is 13.0. The minimum Gasteiger partial charge on any atom is -0.338 e. The van der Waals surface area contributed by atoms with E-state index in [-0.39, 0.29) is 5.91 Å². The lowest BCUT2D eigenvalue weighted by atomic mass is 9.96. The predicted octanol–water partition coefficient (Wildman–Crippen LogP) is 2.63. The Morgan fingerprint density at radius 1 is 1.24 bits per heavy atom. The van der Waals surface area contributed by atoms with Gasteiger partial charge in [0, 0.05) is 62.1 Å². The van der Waals surface area contributed by atoms with Crippen LogP contribution in [-0.4, -0.2) is 43.0 Å². The van der Waals surface area contributed by atoms with Gasteiger partial charge in [0.2, 0.25) is 0 Å². The van der Waals surface area contributed by atoms with E-state index in [4.69, 9.17) is 0 Å². The number of likely N-dealkylation sites (tertiary alicyclic amines) is 1. The molecule has 25 heavy (non-hydrogen) atoms. The minimum absolute atomic E-state index is 0.0841. The first-order valence-electron chi connectivity index (χ1n) is 8.57. The normalized spacial score (nSPS) is 17.6. The number of aromatic nitrogens is 4. The van der Waals surface area contributed by atoms with Crippen molar-refractivity contribution < 1.29 is 4.79 Å². The van der Waals surface area contributed by atoms with Crippen LogP contribution in [-0.2, 0) is 7.05 Å². The molecule has 2 aromatic heterocycles. The first-order chi connectivity index (χ1) is 12.2. The highest BCUT2D eigenvalue weighted by atomic mass is 16.2. The number of carbonyl (C=O) groups excluding carboxylic acids is 1. The Morgan fingerprint density at radius 3 is 2.92 bits per heavy atom. The number of hydrogen-bond donors (Lipinski definition) is 0. The third-order valence-corrected chi connectivity index (χ3v) is 4.83. The molecular formula is C19H21N5O. The monoisotopic (exact) mass is 335 g/mol. The molecule has 0 saturated carbocycles. The molecule has 6 nitrogen and oxygen atoms in total. The highest BCUT2D eigenvalue weighted by Gasteiger charge is 2.27. The van der Waals surface area contributed by atoms with E-state index in [1.165, 1.54) is 0 Å². The summed E-state index contributed by atoms with van der Waals surface area (Å²) in [6.07, 6.45) is 11.2.